The van der Waals surface area contributed by atoms with Crippen molar-refractivity contribution in [3.63, 3.8) is 0 Å². The van der Waals surface area contributed by atoms with Crippen LogP contribution >= 0.6 is 0 Å². The largest absolute Gasteiger partial charge is 0.490 e. The van der Waals surface area contributed by atoms with Crippen molar-refractivity contribution in [3.05, 3.63) is 59.2 Å². The van der Waals surface area contributed by atoms with Crippen LogP contribution in [0.1, 0.15) is 69.4 Å². The van der Waals surface area contributed by atoms with Crippen LogP contribution in [0.3, 0.4) is 0 Å². The van der Waals surface area contributed by atoms with E-state index < -0.39 is 11.6 Å². The van der Waals surface area contributed by atoms with E-state index in [0.717, 1.165) is 37.9 Å². The molecule has 5 heteroatoms. The van der Waals surface area contributed by atoms with Gasteiger partial charge in [0.05, 0.1) is 19.3 Å². The molecule has 0 amide bonds. The zero-order chi connectivity index (χ0) is 21.3. The molecular formula is C25H32F2O3. The van der Waals surface area contributed by atoms with Gasteiger partial charge in [0.15, 0.2) is 11.5 Å². The lowest BCUT2D eigenvalue weighted by atomic mass is 9.90. The van der Waals surface area contributed by atoms with Crippen molar-refractivity contribution >= 4 is 0 Å². The van der Waals surface area contributed by atoms with Crippen LogP contribution in [0.2, 0.25) is 0 Å². The quantitative estimate of drug-likeness (QED) is 0.425. The Labute approximate surface area is 178 Å². The van der Waals surface area contributed by atoms with E-state index in [4.69, 9.17) is 14.2 Å². The molecule has 2 atom stereocenters. The summed E-state index contributed by atoms with van der Waals surface area (Å²) in [6.45, 7) is 5.39. The molecule has 0 spiro atoms. The zero-order valence-electron chi connectivity index (χ0n) is 18.0. The molecule has 0 N–H and O–H groups in total. The van der Waals surface area contributed by atoms with Gasteiger partial charge in [-0.2, -0.15) is 8.78 Å². The van der Waals surface area contributed by atoms with Crippen LogP contribution in [0.15, 0.2) is 36.4 Å². The van der Waals surface area contributed by atoms with Crippen molar-refractivity contribution in [3.8, 4) is 11.5 Å². The Morgan fingerprint density at radius 2 is 1.60 bits per heavy atom. The molecule has 0 radical (unpaired) electrons. The molecule has 164 valence electrons. The van der Waals surface area contributed by atoms with E-state index in [1.54, 1.807) is 0 Å². The maximum absolute atomic E-state index is 14.2. The van der Waals surface area contributed by atoms with Crippen molar-refractivity contribution < 1.29 is 23.0 Å². The lowest BCUT2D eigenvalue weighted by molar-refractivity contribution is -0.00189. The number of rotatable bonds is 10. The molecule has 1 aliphatic rings. The number of ether oxygens (including phenoxy) is 3. The minimum atomic E-state index is -1.02. The Morgan fingerprint density at radius 3 is 2.20 bits per heavy atom. The molecule has 1 fully saturated rings. The first kappa shape index (κ1) is 22.5. The van der Waals surface area contributed by atoms with E-state index >= 15 is 0 Å². The van der Waals surface area contributed by atoms with E-state index in [0.29, 0.717) is 18.6 Å². The summed E-state index contributed by atoms with van der Waals surface area (Å²) in [6.07, 6.45) is 6.97. The minimum Gasteiger partial charge on any atom is -0.490 e. The lowest BCUT2D eigenvalue weighted by Gasteiger charge is -2.29. The molecule has 1 heterocycles. The van der Waals surface area contributed by atoms with Gasteiger partial charge in [0, 0.05) is 5.92 Å². The topological polar surface area (TPSA) is 27.7 Å². The highest BCUT2D eigenvalue weighted by Gasteiger charge is 2.22. The van der Waals surface area contributed by atoms with E-state index in [2.05, 4.69) is 19.1 Å². The van der Waals surface area contributed by atoms with Gasteiger partial charge in [-0.05, 0) is 48.9 Å². The van der Waals surface area contributed by atoms with Crippen molar-refractivity contribution in [1.29, 1.82) is 0 Å². The van der Waals surface area contributed by atoms with Gasteiger partial charge in [-0.15, -0.1) is 0 Å². The smallest absolute Gasteiger partial charge is 0.204 e. The Kier molecular flexibility index (Phi) is 8.50. The van der Waals surface area contributed by atoms with Crippen molar-refractivity contribution in [2.75, 3.05) is 13.2 Å². The van der Waals surface area contributed by atoms with Crippen LogP contribution in [0.4, 0.5) is 8.78 Å². The predicted octanol–water partition coefficient (Wildman–Crippen LogP) is 6.79. The van der Waals surface area contributed by atoms with Gasteiger partial charge in [-0.1, -0.05) is 51.0 Å². The van der Waals surface area contributed by atoms with Crippen LogP contribution in [0, 0.1) is 11.6 Å². The molecule has 3 rings (SSSR count). The number of hydrogen-bond donors (Lipinski definition) is 0. The Morgan fingerprint density at radius 1 is 0.900 bits per heavy atom. The summed E-state index contributed by atoms with van der Waals surface area (Å²) < 4.78 is 45.0. The molecule has 0 saturated carbocycles. The summed E-state index contributed by atoms with van der Waals surface area (Å²) in [5, 5.41) is 0. The second-order valence-electron chi connectivity index (χ2n) is 7.94. The second-order valence-corrected chi connectivity index (χ2v) is 7.94. The van der Waals surface area contributed by atoms with Gasteiger partial charge in [-0.3, -0.25) is 0 Å². The fraction of sp³-hybridized carbons (Fsp3) is 0.520. The first-order chi connectivity index (χ1) is 14.6. The first-order valence-corrected chi connectivity index (χ1v) is 11.1. The van der Waals surface area contributed by atoms with Gasteiger partial charge in [0.1, 0.15) is 6.61 Å². The van der Waals surface area contributed by atoms with Gasteiger partial charge < -0.3 is 14.2 Å². The summed E-state index contributed by atoms with van der Waals surface area (Å²) in [6, 6.07) is 10.9. The lowest BCUT2D eigenvalue weighted by Crippen LogP contribution is -2.24. The van der Waals surface area contributed by atoms with Gasteiger partial charge in [0.25, 0.3) is 0 Å². The van der Waals surface area contributed by atoms with E-state index in [1.165, 1.54) is 30.5 Å². The van der Waals surface area contributed by atoms with Crippen LogP contribution in [-0.2, 0) is 11.3 Å². The van der Waals surface area contributed by atoms with E-state index in [9.17, 15) is 8.78 Å². The third-order valence-electron chi connectivity index (χ3n) is 5.57. The maximum Gasteiger partial charge on any atom is 0.204 e. The summed E-state index contributed by atoms with van der Waals surface area (Å²) in [7, 11) is 0. The molecule has 2 unspecified atom stereocenters. The third-order valence-corrected chi connectivity index (χ3v) is 5.57. The number of benzene rings is 2. The molecule has 0 bridgehead atoms. The standard InChI is InChI=1S/C25H32F2O3/c1-3-5-6-21-12-11-20(17-29-21)19-9-7-18(8-10-19)16-30-23-14-13-22(28-15-4-2)24(26)25(23)27/h7-10,13-14,20-21H,3-6,11-12,15-17H2,1-2H3. The van der Waals surface area contributed by atoms with Crippen molar-refractivity contribution in [2.24, 2.45) is 0 Å². The van der Waals surface area contributed by atoms with Crippen LogP contribution in [-0.4, -0.2) is 19.3 Å². The number of halogens is 2. The Bertz CT molecular complexity index is 784. The van der Waals surface area contributed by atoms with Gasteiger partial charge >= 0.3 is 0 Å². The molecule has 0 aromatic heterocycles. The fourth-order valence-corrected chi connectivity index (χ4v) is 3.72. The van der Waals surface area contributed by atoms with Crippen LogP contribution < -0.4 is 9.47 Å². The number of unbranched alkanes of at least 4 members (excludes halogenated alkanes) is 1. The van der Waals surface area contributed by atoms with Crippen molar-refractivity contribution in [2.45, 2.75) is 71.0 Å². The molecule has 30 heavy (non-hydrogen) atoms. The maximum atomic E-state index is 14.2. The molecule has 3 nitrogen and oxygen atoms in total. The molecule has 0 aliphatic carbocycles. The number of hydrogen-bond acceptors (Lipinski definition) is 3. The highest BCUT2D eigenvalue weighted by molar-refractivity contribution is 5.35. The minimum absolute atomic E-state index is 0.0855. The average Bonchev–Trinajstić information content (AvgIpc) is 2.79. The van der Waals surface area contributed by atoms with Gasteiger partial charge in [-0.25, -0.2) is 0 Å². The average molecular weight is 419 g/mol. The first-order valence-electron chi connectivity index (χ1n) is 11.1. The normalized spacial score (nSPS) is 18.9. The monoisotopic (exact) mass is 418 g/mol. The van der Waals surface area contributed by atoms with E-state index in [-0.39, 0.29) is 18.1 Å². The predicted molar refractivity (Wildman–Crippen MR) is 114 cm³/mol. The van der Waals surface area contributed by atoms with E-state index in [1.807, 2.05) is 19.1 Å². The zero-order valence-corrected chi connectivity index (χ0v) is 18.0. The highest BCUT2D eigenvalue weighted by Crippen LogP contribution is 2.31. The second kappa shape index (κ2) is 11.3. The summed E-state index contributed by atoms with van der Waals surface area (Å²) in [5.41, 5.74) is 2.16. The molecule has 1 aliphatic heterocycles. The molecule has 1 saturated heterocycles. The Hall–Kier alpha value is -2.14. The van der Waals surface area contributed by atoms with Crippen LogP contribution in [0.5, 0.6) is 11.5 Å². The van der Waals surface area contributed by atoms with Crippen molar-refractivity contribution in [1.82, 2.24) is 0 Å². The molecule has 2 aromatic carbocycles. The SMILES string of the molecule is CCCCC1CCC(c2ccc(COc3ccc(OCCC)c(F)c3F)cc2)CO1. The van der Waals surface area contributed by atoms with Crippen LogP contribution in [0.25, 0.3) is 0 Å². The molecule has 2 aromatic rings. The summed E-state index contributed by atoms with van der Waals surface area (Å²) in [4.78, 5) is 0. The highest BCUT2D eigenvalue weighted by atomic mass is 19.2. The summed E-state index contributed by atoms with van der Waals surface area (Å²) in [5.74, 6) is -1.81. The summed E-state index contributed by atoms with van der Waals surface area (Å²) >= 11 is 0. The van der Waals surface area contributed by atoms with Gasteiger partial charge in [0.2, 0.25) is 11.6 Å². The Balaban J connectivity index is 1.52. The third kappa shape index (κ3) is 5.94. The fourth-order valence-electron chi connectivity index (χ4n) is 3.72. The molecular weight excluding hydrogens is 386 g/mol.